The normalized spacial score (nSPS) is 11.7. The van der Waals surface area contributed by atoms with E-state index in [1.54, 1.807) is 18.4 Å². The van der Waals surface area contributed by atoms with Gasteiger partial charge in [0, 0.05) is 50.4 Å². The molecule has 2 aromatic rings. The Labute approximate surface area is 183 Å². The van der Waals surface area contributed by atoms with Crippen LogP contribution in [0.25, 0.3) is 0 Å². The highest BCUT2D eigenvalue weighted by atomic mass is 127. The minimum Gasteiger partial charge on any atom is -0.370 e. The number of aliphatic imine (C=N–C) groups is 1. The number of rotatable bonds is 8. The molecule has 0 atom stereocenters. The lowest BCUT2D eigenvalue weighted by Gasteiger charge is -2.12. The largest absolute Gasteiger partial charge is 0.417 e. The number of hydrogen-bond acceptors (Lipinski definition) is 5. The lowest BCUT2D eigenvalue weighted by molar-refractivity contribution is -0.137. The Balaban J connectivity index is 0.00000392. The number of aryl methyl sites for hydroxylation is 1. The maximum Gasteiger partial charge on any atom is 0.417 e. The summed E-state index contributed by atoms with van der Waals surface area (Å²) >= 11 is 1.68. The predicted molar refractivity (Wildman–Crippen MR) is 118 cm³/mol. The average Bonchev–Trinajstić information content (AvgIpc) is 3.04. The van der Waals surface area contributed by atoms with Crippen LogP contribution in [-0.4, -0.2) is 42.6 Å². The van der Waals surface area contributed by atoms with E-state index in [4.69, 9.17) is 0 Å². The van der Waals surface area contributed by atoms with Gasteiger partial charge < -0.3 is 16.0 Å². The second kappa shape index (κ2) is 12.0. The molecular formula is C17H24F3IN6S. The third kappa shape index (κ3) is 8.59. The Hall–Kier alpha value is -1.63. The van der Waals surface area contributed by atoms with E-state index in [1.165, 1.54) is 10.9 Å². The summed E-state index contributed by atoms with van der Waals surface area (Å²) in [5.74, 6) is 1.13. The first kappa shape index (κ1) is 24.4. The summed E-state index contributed by atoms with van der Waals surface area (Å²) in [6, 6.07) is 2.35. The van der Waals surface area contributed by atoms with E-state index in [9.17, 15) is 13.2 Å². The molecule has 0 spiro atoms. The first-order valence-corrected chi connectivity index (χ1v) is 9.33. The van der Waals surface area contributed by atoms with Crippen LogP contribution in [0.5, 0.6) is 0 Å². The summed E-state index contributed by atoms with van der Waals surface area (Å²) in [6.45, 7) is 4.02. The van der Waals surface area contributed by atoms with Gasteiger partial charge in [-0.3, -0.25) is 4.99 Å². The van der Waals surface area contributed by atoms with Crippen molar-refractivity contribution in [1.82, 2.24) is 20.6 Å². The summed E-state index contributed by atoms with van der Waals surface area (Å²) in [6.07, 6.45) is -0.0754. The summed E-state index contributed by atoms with van der Waals surface area (Å²) in [4.78, 5) is 13.4. The third-order valence-corrected chi connectivity index (χ3v) is 4.54. The second-order valence-electron chi connectivity index (χ2n) is 5.75. The molecule has 0 saturated heterocycles. The summed E-state index contributed by atoms with van der Waals surface area (Å²) in [5.41, 5.74) is -0.752. The van der Waals surface area contributed by atoms with Gasteiger partial charge >= 0.3 is 6.18 Å². The molecule has 156 valence electrons. The van der Waals surface area contributed by atoms with E-state index in [0.29, 0.717) is 24.9 Å². The van der Waals surface area contributed by atoms with Crippen molar-refractivity contribution in [1.29, 1.82) is 0 Å². The van der Waals surface area contributed by atoms with Gasteiger partial charge in [0.15, 0.2) is 5.96 Å². The molecule has 0 saturated carbocycles. The number of nitrogens with zero attached hydrogens (tertiary/aromatic N) is 3. The highest BCUT2D eigenvalue weighted by molar-refractivity contribution is 14.0. The maximum atomic E-state index is 12.5. The number of aromatic nitrogens is 2. The maximum absolute atomic E-state index is 12.5. The first-order chi connectivity index (χ1) is 12.9. The average molecular weight is 528 g/mol. The minimum absolute atomic E-state index is 0. The number of thiazole rings is 1. The van der Waals surface area contributed by atoms with Crippen molar-refractivity contribution in [2.45, 2.75) is 25.9 Å². The van der Waals surface area contributed by atoms with Crippen LogP contribution in [0.4, 0.5) is 19.0 Å². The molecule has 0 aliphatic carbocycles. The molecule has 0 aliphatic heterocycles. The molecular weight excluding hydrogens is 504 g/mol. The van der Waals surface area contributed by atoms with E-state index >= 15 is 0 Å². The summed E-state index contributed by atoms with van der Waals surface area (Å²) in [7, 11) is 1.70. The van der Waals surface area contributed by atoms with Gasteiger partial charge in [-0.15, -0.1) is 35.3 Å². The van der Waals surface area contributed by atoms with Gasteiger partial charge in [-0.2, -0.15) is 13.2 Å². The van der Waals surface area contributed by atoms with Crippen LogP contribution in [0.2, 0.25) is 0 Å². The molecule has 2 aromatic heterocycles. The van der Waals surface area contributed by atoms with E-state index < -0.39 is 11.7 Å². The Morgan fingerprint density at radius 1 is 1.11 bits per heavy atom. The smallest absolute Gasteiger partial charge is 0.370 e. The molecule has 6 nitrogen and oxygen atoms in total. The molecule has 0 aliphatic rings. The molecule has 0 fully saturated rings. The fourth-order valence-corrected chi connectivity index (χ4v) is 2.99. The van der Waals surface area contributed by atoms with Gasteiger partial charge in [0.1, 0.15) is 5.82 Å². The Kier molecular flexibility index (Phi) is 10.5. The minimum atomic E-state index is -4.36. The van der Waals surface area contributed by atoms with E-state index in [2.05, 4.69) is 30.9 Å². The van der Waals surface area contributed by atoms with Crippen molar-refractivity contribution in [3.63, 3.8) is 0 Å². The number of nitrogens with one attached hydrogen (secondary N) is 3. The molecule has 0 radical (unpaired) electrons. The molecule has 28 heavy (non-hydrogen) atoms. The van der Waals surface area contributed by atoms with E-state index in [0.717, 1.165) is 36.7 Å². The van der Waals surface area contributed by atoms with Gasteiger partial charge in [0.25, 0.3) is 0 Å². The zero-order valence-corrected chi connectivity index (χ0v) is 18.8. The summed E-state index contributed by atoms with van der Waals surface area (Å²) in [5, 5.41) is 10.5. The number of halogens is 4. The van der Waals surface area contributed by atoms with Crippen molar-refractivity contribution in [3.8, 4) is 0 Å². The van der Waals surface area contributed by atoms with Crippen LogP contribution in [0.1, 0.15) is 21.9 Å². The molecule has 2 heterocycles. The van der Waals surface area contributed by atoms with Crippen molar-refractivity contribution < 1.29 is 13.2 Å². The van der Waals surface area contributed by atoms with Crippen LogP contribution in [-0.2, 0) is 12.6 Å². The standard InChI is InChI=1S/C17H23F3N6S.HI/c1-12-10-26-15(27-12)6-9-24-16(21-2)23-8-3-7-22-14-5-4-13(11-25-14)17(18,19)20;/h4-5,10-11H,3,6-9H2,1-2H3,(H,22,25)(H2,21,23,24);1H. The van der Waals surface area contributed by atoms with Gasteiger partial charge in [0.2, 0.25) is 0 Å². The molecule has 0 aromatic carbocycles. The monoisotopic (exact) mass is 528 g/mol. The molecule has 2 rings (SSSR count). The zero-order valence-electron chi connectivity index (χ0n) is 15.6. The lowest BCUT2D eigenvalue weighted by Crippen LogP contribution is -2.39. The van der Waals surface area contributed by atoms with Gasteiger partial charge in [-0.1, -0.05) is 0 Å². The molecule has 0 unspecified atom stereocenters. The molecule has 0 bridgehead atoms. The molecule has 3 N–H and O–H groups in total. The first-order valence-electron chi connectivity index (χ1n) is 8.51. The number of hydrogen-bond donors (Lipinski definition) is 3. The lowest BCUT2D eigenvalue weighted by atomic mass is 10.3. The van der Waals surface area contributed by atoms with E-state index in [1.807, 2.05) is 13.1 Å². The number of anilines is 1. The van der Waals surface area contributed by atoms with E-state index in [-0.39, 0.29) is 24.0 Å². The van der Waals surface area contributed by atoms with Crippen molar-refractivity contribution in [2.24, 2.45) is 4.99 Å². The zero-order chi connectivity index (χ0) is 19.7. The second-order valence-corrected chi connectivity index (χ2v) is 7.07. The van der Waals surface area contributed by atoms with Crippen LogP contribution in [0, 0.1) is 6.92 Å². The SMILES string of the molecule is CN=C(NCCCNc1ccc(C(F)(F)F)cn1)NCCc1ncc(C)s1.I. The van der Waals surface area contributed by atoms with Crippen LogP contribution in [0.15, 0.2) is 29.5 Å². The van der Waals surface area contributed by atoms with Crippen LogP contribution >= 0.6 is 35.3 Å². The van der Waals surface area contributed by atoms with Crippen molar-refractivity contribution in [3.05, 3.63) is 40.0 Å². The third-order valence-electron chi connectivity index (χ3n) is 3.57. The summed E-state index contributed by atoms with van der Waals surface area (Å²) < 4.78 is 37.4. The van der Waals surface area contributed by atoms with Gasteiger partial charge in [-0.05, 0) is 25.5 Å². The predicted octanol–water partition coefficient (Wildman–Crippen LogP) is 3.69. The van der Waals surface area contributed by atoms with Crippen LogP contribution < -0.4 is 16.0 Å². The molecule has 11 heteroatoms. The Morgan fingerprint density at radius 2 is 1.86 bits per heavy atom. The van der Waals surface area contributed by atoms with Crippen LogP contribution in [0.3, 0.4) is 0 Å². The fraction of sp³-hybridized carbons (Fsp3) is 0.471. The number of guanidine groups is 1. The Bertz CT molecular complexity index is 733. The Morgan fingerprint density at radius 3 is 2.43 bits per heavy atom. The van der Waals surface area contributed by atoms with Gasteiger partial charge in [0.05, 0.1) is 10.6 Å². The van der Waals surface area contributed by atoms with Crippen molar-refractivity contribution in [2.75, 3.05) is 32.0 Å². The highest BCUT2D eigenvalue weighted by Crippen LogP contribution is 2.28. The quantitative estimate of drug-likeness (QED) is 0.211. The topological polar surface area (TPSA) is 74.2 Å². The number of alkyl halides is 3. The fourth-order valence-electron chi connectivity index (χ4n) is 2.20. The highest BCUT2D eigenvalue weighted by Gasteiger charge is 2.30. The van der Waals surface area contributed by atoms with Crippen molar-refractivity contribution >= 4 is 47.1 Å². The van der Waals surface area contributed by atoms with Gasteiger partial charge in [-0.25, -0.2) is 9.97 Å². The molecule has 0 amide bonds. The number of pyridine rings is 1.